The molecule has 4 nitrogen and oxygen atoms in total. The van der Waals surface area contributed by atoms with Crippen molar-refractivity contribution in [3.63, 3.8) is 0 Å². The number of aryl methyl sites for hydroxylation is 1. The van der Waals surface area contributed by atoms with E-state index >= 15 is 0 Å². The number of halogens is 2. The van der Waals surface area contributed by atoms with Gasteiger partial charge in [0.15, 0.2) is 5.69 Å². The predicted octanol–water partition coefficient (Wildman–Crippen LogP) is 2.76. The highest BCUT2D eigenvalue weighted by Crippen LogP contribution is 2.19. The van der Waals surface area contributed by atoms with Crippen molar-refractivity contribution in [1.82, 2.24) is 10.2 Å². The van der Waals surface area contributed by atoms with Crippen molar-refractivity contribution >= 4 is 23.2 Å². The van der Waals surface area contributed by atoms with Crippen LogP contribution in [0, 0.1) is 12.7 Å². The van der Waals surface area contributed by atoms with E-state index in [9.17, 15) is 9.18 Å². The molecule has 1 aromatic heterocycles. The summed E-state index contributed by atoms with van der Waals surface area (Å²) in [6, 6.07) is 5.57. The molecule has 0 atom stereocenters. The monoisotopic (exact) mass is 253 g/mol. The molecule has 1 heterocycles. The molecular weight excluding hydrogens is 245 g/mol. The lowest BCUT2D eigenvalue weighted by Gasteiger charge is -2.03. The Hall–Kier alpha value is -1.88. The first-order valence-corrected chi connectivity index (χ1v) is 5.22. The number of nitrogens with zero attached hydrogens (tertiary/aromatic N) is 1. The van der Waals surface area contributed by atoms with Gasteiger partial charge in [0.05, 0.1) is 5.02 Å². The number of aromatic amines is 1. The van der Waals surface area contributed by atoms with E-state index in [2.05, 4.69) is 15.5 Å². The summed E-state index contributed by atoms with van der Waals surface area (Å²) in [5.74, 6) is -0.905. The SMILES string of the molecule is Cc1cc(C(=O)Nc2ccc(F)c(Cl)c2)n[nH]1. The van der Waals surface area contributed by atoms with Crippen LogP contribution < -0.4 is 5.32 Å². The molecule has 0 unspecified atom stereocenters. The number of aromatic nitrogens is 2. The molecule has 0 fully saturated rings. The summed E-state index contributed by atoms with van der Waals surface area (Å²) in [7, 11) is 0. The van der Waals surface area contributed by atoms with Crippen LogP contribution in [0.5, 0.6) is 0 Å². The average molecular weight is 254 g/mol. The topological polar surface area (TPSA) is 57.8 Å². The zero-order chi connectivity index (χ0) is 12.4. The number of hydrogen-bond acceptors (Lipinski definition) is 2. The van der Waals surface area contributed by atoms with Crippen LogP contribution in [0.2, 0.25) is 5.02 Å². The number of rotatable bonds is 2. The molecule has 0 radical (unpaired) electrons. The van der Waals surface area contributed by atoms with E-state index in [1.165, 1.54) is 18.2 Å². The van der Waals surface area contributed by atoms with Gasteiger partial charge in [0.2, 0.25) is 0 Å². The molecule has 0 saturated heterocycles. The lowest BCUT2D eigenvalue weighted by Crippen LogP contribution is -2.12. The molecule has 1 amide bonds. The van der Waals surface area contributed by atoms with Gasteiger partial charge in [-0.25, -0.2) is 4.39 Å². The van der Waals surface area contributed by atoms with Crippen molar-refractivity contribution in [3.8, 4) is 0 Å². The third kappa shape index (κ3) is 2.62. The minimum atomic E-state index is -0.528. The summed E-state index contributed by atoms with van der Waals surface area (Å²) in [6.07, 6.45) is 0. The molecule has 6 heteroatoms. The molecular formula is C11H9ClFN3O. The standard InChI is InChI=1S/C11H9ClFN3O/c1-6-4-10(16-15-6)11(17)14-7-2-3-9(13)8(12)5-7/h2-5H,1H3,(H,14,17)(H,15,16). The first kappa shape index (κ1) is 11.6. The van der Waals surface area contributed by atoms with Crippen LogP contribution >= 0.6 is 11.6 Å². The predicted molar refractivity (Wildman–Crippen MR) is 62.7 cm³/mol. The van der Waals surface area contributed by atoms with E-state index in [1.54, 1.807) is 13.0 Å². The quantitative estimate of drug-likeness (QED) is 0.865. The Morgan fingerprint density at radius 1 is 1.47 bits per heavy atom. The average Bonchev–Trinajstić information content (AvgIpc) is 2.70. The largest absolute Gasteiger partial charge is 0.321 e. The van der Waals surface area contributed by atoms with Crippen LogP contribution in [0.15, 0.2) is 24.3 Å². The van der Waals surface area contributed by atoms with Crippen molar-refractivity contribution in [1.29, 1.82) is 0 Å². The van der Waals surface area contributed by atoms with Gasteiger partial charge in [-0.05, 0) is 31.2 Å². The van der Waals surface area contributed by atoms with Crippen LogP contribution in [0.1, 0.15) is 16.2 Å². The number of benzene rings is 1. The normalized spacial score (nSPS) is 10.3. The third-order valence-corrected chi connectivity index (χ3v) is 2.41. The molecule has 0 saturated carbocycles. The number of hydrogen-bond donors (Lipinski definition) is 2. The minimum Gasteiger partial charge on any atom is -0.321 e. The Kier molecular flexibility index (Phi) is 3.10. The second-order valence-electron chi connectivity index (χ2n) is 3.52. The third-order valence-electron chi connectivity index (χ3n) is 2.12. The van der Waals surface area contributed by atoms with Gasteiger partial charge in [-0.15, -0.1) is 0 Å². The zero-order valence-corrected chi connectivity index (χ0v) is 9.68. The van der Waals surface area contributed by atoms with Crippen molar-refractivity contribution in [2.75, 3.05) is 5.32 Å². The smallest absolute Gasteiger partial charge is 0.276 e. The van der Waals surface area contributed by atoms with Crippen LogP contribution in [-0.4, -0.2) is 16.1 Å². The van der Waals surface area contributed by atoms with Crippen molar-refractivity contribution < 1.29 is 9.18 Å². The van der Waals surface area contributed by atoms with Gasteiger partial charge in [-0.2, -0.15) is 5.10 Å². The fourth-order valence-corrected chi connectivity index (χ4v) is 1.48. The van der Waals surface area contributed by atoms with E-state index in [4.69, 9.17) is 11.6 Å². The Labute approximate surface area is 102 Å². The Balaban J connectivity index is 2.15. The summed E-state index contributed by atoms with van der Waals surface area (Å²) in [6.45, 7) is 1.79. The van der Waals surface area contributed by atoms with E-state index in [0.29, 0.717) is 5.69 Å². The highest BCUT2D eigenvalue weighted by molar-refractivity contribution is 6.31. The number of nitrogens with one attached hydrogen (secondary N) is 2. The lowest BCUT2D eigenvalue weighted by atomic mass is 10.3. The second kappa shape index (κ2) is 4.55. The maximum absolute atomic E-state index is 12.9. The minimum absolute atomic E-state index is 0.0407. The van der Waals surface area contributed by atoms with E-state index in [1.807, 2.05) is 0 Å². The summed E-state index contributed by atoms with van der Waals surface area (Å²) in [5, 5.41) is 8.99. The number of carbonyl (C=O) groups is 1. The molecule has 0 aliphatic carbocycles. The fraction of sp³-hybridized carbons (Fsp3) is 0.0909. The highest BCUT2D eigenvalue weighted by Gasteiger charge is 2.10. The Morgan fingerprint density at radius 2 is 2.24 bits per heavy atom. The molecule has 0 aliphatic rings. The Bertz CT molecular complexity index is 568. The Morgan fingerprint density at radius 3 is 2.82 bits per heavy atom. The molecule has 2 N–H and O–H groups in total. The summed E-state index contributed by atoms with van der Waals surface area (Å²) in [5.41, 5.74) is 1.47. The van der Waals surface area contributed by atoms with Gasteiger partial charge >= 0.3 is 0 Å². The lowest BCUT2D eigenvalue weighted by molar-refractivity contribution is 0.102. The number of anilines is 1. The number of amides is 1. The van der Waals surface area contributed by atoms with Crippen LogP contribution in [0.25, 0.3) is 0 Å². The van der Waals surface area contributed by atoms with Gasteiger partial charge in [-0.3, -0.25) is 9.89 Å². The molecule has 17 heavy (non-hydrogen) atoms. The maximum atomic E-state index is 12.9. The molecule has 1 aromatic carbocycles. The summed E-state index contributed by atoms with van der Waals surface area (Å²) >= 11 is 5.60. The fourth-order valence-electron chi connectivity index (χ4n) is 1.30. The van der Waals surface area contributed by atoms with Crippen molar-refractivity contribution in [2.24, 2.45) is 0 Å². The summed E-state index contributed by atoms with van der Waals surface area (Å²) in [4.78, 5) is 11.7. The number of carbonyl (C=O) groups excluding carboxylic acids is 1. The first-order chi connectivity index (χ1) is 8.06. The van der Waals surface area contributed by atoms with E-state index in [0.717, 1.165) is 5.69 Å². The molecule has 2 rings (SSSR count). The van der Waals surface area contributed by atoms with E-state index < -0.39 is 5.82 Å². The second-order valence-corrected chi connectivity index (χ2v) is 3.93. The van der Waals surface area contributed by atoms with Gasteiger partial charge in [-0.1, -0.05) is 11.6 Å². The van der Waals surface area contributed by atoms with Crippen LogP contribution in [0.3, 0.4) is 0 Å². The maximum Gasteiger partial charge on any atom is 0.276 e. The first-order valence-electron chi connectivity index (χ1n) is 4.84. The summed E-state index contributed by atoms with van der Waals surface area (Å²) < 4.78 is 12.9. The van der Waals surface area contributed by atoms with Crippen LogP contribution in [-0.2, 0) is 0 Å². The zero-order valence-electron chi connectivity index (χ0n) is 8.92. The van der Waals surface area contributed by atoms with Gasteiger partial charge < -0.3 is 5.32 Å². The van der Waals surface area contributed by atoms with Gasteiger partial charge in [0, 0.05) is 11.4 Å². The molecule has 88 valence electrons. The number of H-pyrrole nitrogens is 1. The molecule has 0 bridgehead atoms. The molecule has 2 aromatic rings. The van der Waals surface area contributed by atoms with Gasteiger partial charge in [0.1, 0.15) is 5.82 Å². The van der Waals surface area contributed by atoms with E-state index in [-0.39, 0.29) is 16.6 Å². The molecule has 0 spiro atoms. The molecule has 0 aliphatic heterocycles. The van der Waals surface area contributed by atoms with Crippen molar-refractivity contribution in [3.05, 3.63) is 46.5 Å². The van der Waals surface area contributed by atoms with Crippen LogP contribution in [0.4, 0.5) is 10.1 Å². The van der Waals surface area contributed by atoms with Crippen molar-refractivity contribution in [2.45, 2.75) is 6.92 Å². The highest BCUT2D eigenvalue weighted by atomic mass is 35.5. The van der Waals surface area contributed by atoms with Gasteiger partial charge in [0.25, 0.3) is 5.91 Å².